The van der Waals surface area contributed by atoms with Crippen molar-refractivity contribution >= 4 is 22.6 Å². The predicted molar refractivity (Wildman–Crippen MR) is 105 cm³/mol. The number of benzene rings is 1. The second kappa shape index (κ2) is 6.67. The SMILES string of the molecule is C=CC(=O)N(C)C1CCN(c2cnc3[nH]cc(-c4ccccc4)c3c2)C1. The molecule has 5 heteroatoms. The van der Waals surface area contributed by atoms with Crippen molar-refractivity contribution in [3.8, 4) is 11.1 Å². The van der Waals surface area contributed by atoms with Crippen LogP contribution in [0.1, 0.15) is 6.42 Å². The van der Waals surface area contributed by atoms with Gasteiger partial charge in [0.25, 0.3) is 0 Å². The van der Waals surface area contributed by atoms with Crippen LogP contribution in [0.5, 0.6) is 0 Å². The third kappa shape index (κ3) is 2.86. The molecule has 0 spiro atoms. The molecule has 1 aliphatic rings. The van der Waals surface area contributed by atoms with Crippen molar-refractivity contribution in [2.24, 2.45) is 0 Å². The molecule has 3 aromatic rings. The number of carbonyl (C=O) groups is 1. The minimum Gasteiger partial charge on any atom is -0.368 e. The molecule has 1 aromatic carbocycles. The first-order valence-electron chi connectivity index (χ1n) is 8.84. The summed E-state index contributed by atoms with van der Waals surface area (Å²) in [4.78, 5) is 23.8. The van der Waals surface area contributed by atoms with Gasteiger partial charge in [0.15, 0.2) is 0 Å². The molecule has 0 bridgehead atoms. The van der Waals surface area contributed by atoms with Crippen LogP contribution in [-0.2, 0) is 4.79 Å². The number of nitrogens with zero attached hydrogens (tertiary/aromatic N) is 3. The van der Waals surface area contributed by atoms with Crippen molar-refractivity contribution in [2.75, 3.05) is 25.0 Å². The van der Waals surface area contributed by atoms with Gasteiger partial charge in [0.05, 0.1) is 17.9 Å². The first-order chi connectivity index (χ1) is 12.7. The number of hydrogen-bond acceptors (Lipinski definition) is 3. The second-order valence-electron chi connectivity index (χ2n) is 6.70. The van der Waals surface area contributed by atoms with Crippen LogP contribution in [0, 0.1) is 0 Å². The number of aromatic nitrogens is 2. The van der Waals surface area contributed by atoms with E-state index in [1.165, 1.54) is 11.6 Å². The van der Waals surface area contributed by atoms with Crippen LogP contribution < -0.4 is 4.90 Å². The molecule has 1 unspecified atom stereocenters. The van der Waals surface area contributed by atoms with Gasteiger partial charge in [-0.1, -0.05) is 36.9 Å². The maximum absolute atomic E-state index is 11.9. The molecule has 4 rings (SSSR count). The summed E-state index contributed by atoms with van der Waals surface area (Å²) in [5.41, 5.74) is 4.32. The van der Waals surface area contributed by atoms with Crippen LogP contribution in [0.2, 0.25) is 0 Å². The minimum atomic E-state index is -0.0255. The van der Waals surface area contributed by atoms with Crippen LogP contribution >= 0.6 is 0 Å². The van der Waals surface area contributed by atoms with Gasteiger partial charge in [0.2, 0.25) is 5.91 Å². The van der Waals surface area contributed by atoms with E-state index >= 15 is 0 Å². The van der Waals surface area contributed by atoms with Crippen molar-refractivity contribution < 1.29 is 4.79 Å². The van der Waals surface area contributed by atoms with Crippen molar-refractivity contribution in [1.29, 1.82) is 0 Å². The van der Waals surface area contributed by atoms with E-state index in [1.807, 2.05) is 37.6 Å². The number of pyridine rings is 1. The predicted octanol–water partition coefficient (Wildman–Crippen LogP) is 3.45. The quantitative estimate of drug-likeness (QED) is 0.736. The maximum Gasteiger partial charge on any atom is 0.246 e. The van der Waals surface area contributed by atoms with Gasteiger partial charge in [0.1, 0.15) is 5.65 Å². The highest BCUT2D eigenvalue weighted by molar-refractivity contribution is 5.95. The standard InChI is InChI=1S/C21H22N4O/c1-3-20(26)24(2)16-9-10-25(14-16)17-11-18-19(13-23-21(18)22-12-17)15-7-5-4-6-8-15/h3-8,11-13,16H,1,9-10,14H2,2H3,(H,22,23). The number of aromatic amines is 1. The van der Waals surface area contributed by atoms with E-state index in [9.17, 15) is 4.79 Å². The average molecular weight is 346 g/mol. The number of likely N-dealkylation sites (N-methyl/N-ethyl adjacent to an activating group) is 1. The number of fused-ring (bicyclic) bond motifs is 1. The fraction of sp³-hybridized carbons (Fsp3) is 0.238. The van der Waals surface area contributed by atoms with Gasteiger partial charge in [0, 0.05) is 37.3 Å². The first-order valence-corrected chi connectivity index (χ1v) is 8.84. The highest BCUT2D eigenvalue weighted by Crippen LogP contribution is 2.31. The van der Waals surface area contributed by atoms with E-state index in [4.69, 9.17) is 0 Å². The first kappa shape index (κ1) is 16.4. The summed E-state index contributed by atoms with van der Waals surface area (Å²) >= 11 is 0. The molecule has 26 heavy (non-hydrogen) atoms. The largest absolute Gasteiger partial charge is 0.368 e. The third-order valence-electron chi connectivity index (χ3n) is 5.20. The summed E-state index contributed by atoms with van der Waals surface area (Å²) < 4.78 is 0. The normalized spacial score (nSPS) is 16.8. The second-order valence-corrected chi connectivity index (χ2v) is 6.70. The molecule has 1 N–H and O–H groups in total. The van der Waals surface area contributed by atoms with E-state index in [-0.39, 0.29) is 11.9 Å². The van der Waals surface area contributed by atoms with Gasteiger partial charge in [-0.3, -0.25) is 4.79 Å². The molecule has 1 fully saturated rings. The van der Waals surface area contributed by atoms with Gasteiger partial charge in [-0.15, -0.1) is 0 Å². The number of H-pyrrole nitrogens is 1. The van der Waals surface area contributed by atoms with Crippen molar-refractivity contribution in [3.05, 3.63) is 61.4 Å². The van der Waals surface area contributed by atoms with Gasteiger partial charge in [-0.25, -0.2) is 4.98 Å². The minimum absolute atomic E-state index is 0.0255. The Balaban J connectivity index is 1.62. The number of nitrogens with one attached hydrogen (secondary N) is 1. The Morgan fingerprint density at radius 2 is 2.19 bits per heavy atom. The molecule has 3 heterocycles. The lowest BCUT2D eigenvalue weighted by atomic mass is 10.1. The highest BCUT2D eigenvalue weighted by Gasteiger charge is 2.28. The summed E-state index contributed by atoms with van der Waals surface area (Å²) in [6, 6.07) is 12.7. The van der Waals surface area contributed by atoms with Gasteiger partial charge in [-0.2, -0.15) is 0 Å². The fourth-order valence-electron chi connectivity index (χ4n) is 3.64. The van der Waals surface area contributed by atoms with E-state index in [0.717, 1.165) is 41.8 Å². The molecular weight excluding hydrogens is 324 g/mol. The molecule has 1 atom stereocenters. The van der Waals surface area contributed by atoms with Crippen LogP contribution in [0.3, 0.4) is 0 Å². The molecule has 1 aliphatic heterocycles. The molecule has 0 saturated carbocycles. The molecule has 0 radical (unpaired) electrons. The van der Waals surface area contributed by atoms with E-state index in [1.54, 1.807) is 4.90 Å². The Bertz CT molecular complexity index is 947. The van der Waals surface area contributed by atoms with Gasteiger partial charge < -0.3 is 14.8 Å². The molecular formula is C21H22N4O. The third-order valence-corrected chi connectivity index (χ3v) is 5.20. The van der Waals surface area contributed by atoms with Crippen LogP contribution in [0.4, 0.5) is 5.69 Å². The molecule has 2 aromatic heterocycles. The van der Waals surface area contributed by atoms with Crippen LogP contribution in [-0.4, -0.2) is 47.0 Å². The molecule has 0 aliphatic carbocycles. The zero-order valence-electron chi connectivity index (χ0n) is 14.9. The lowest BCUT2D eigenvalue weighted by Crippen LogP contribution is -2.38. The lowest BCUT2D eigenvalue weighted by Gasteiger charge is -2.24. The molecule has 1 saturated heterocycles. The number of amides is 1. The van der Waals surface area contributed by atoms with Crippen molar-refractivity contribution in [2.45, 2.75) is 12.5 Å². The number of anilines is 1. The topological polar surface area (TPSA) is 52.2 Å². The van der Waals surface area contributed by atoms with Crippen molar-refractivity contribution in [3.63, 3.8) is 0 Å². The Labute approximate surface area is 153 Å². The van der Waals surface area contributed by atoms with Crippen LogP contribution in [0.15, 0.2) is 61.4 Å². The fourth-order valence-corrected chi connectivity index (χ4v) is 3.64. The Kier molecular flexibility index (Phi) is 4.21. The van der Waals surface area contributed by atoms with E-state index in [0.29, 0.717) is 0 Å². The number of hydrogen-bond donors (Lipinski definition) is 1. The summed E-state index contributed by atoms with van der Waals surface area (Å²) in [6.07, 6.45) is 6.25. The maximum atomic E-state index is 11.9. The monoisotopic (exact) mass is 346 g/mol. The summed E-state index contributed by atoms with van der Waals surface area (Å²) in [6.45, 7) is 5.31. The summed E-state index contributed by atoms with van der Waals surface area (Å²) in [5, 5.41) is 1.12. The van der Waals surface area contributed by atoms with Crippen molar-refractivity contribution in [1.82, 2.24) is 14.9 Å². The highest BCUT2D eigenvalue weighted by atomic mass is 16.2. The van der Waals surface area contributed by atoms with Crippen LogP contribution in [0.25, 0.3) is 22.2 Å². The molecule has 5 nitrogen and oxygen atoms in total. The van der Waals surface area contributed by atoms with Gasteiger partial charge >= 0.3 is 0 Å². The summed E-state index contributed by atoms with van der Waals surface area (Å²) in [7, 11) is 1.85. The average Bonchev–Trinajstić information content (AvgIpc) is 3.34. The smallest absolute Gasteiger partial charge is 0.246 e. The molecule has 1 amide bonds. The zero-order valence-corrected chi connectivity index (χ0v) is 14.9. The Morgan fingerprint density at radius 1 is 1.38 bits per heavy atom. The molecule has 132 valence electrons. The summed E-state index contributed by atoms with van der Waals surface area (Å²) in [5.74, 6) is -0.0255. The lowest BCUT2D eigenvalue weighted by molar-refractivity contribution is -0.126. The zero-order chi connectivity index (χ0) is 18.1. The number of rotatable bonds is 4. The van der Waals surface area contributed by atoms with Gasteiger partial charge in [-0.05, 0) is 24.1 Å². The van der Waals surface area contributed by atoms with E-state index < -0.39 is 0 Å². The number of carbonyl (C=O) groups excluding carboxylic acids is 1. The van der Waals surface area contributed by atoms with E-state index in [2.05, 4.69) is 39.6 Å². The Hall–Kier alpha value is -3.08. The Morgan fingerprint density at radius 3 is 2.96 bits per heavy atom.